The minimum atomic E-state index is -5.83. The van der Waals surface area contributed by atoms with Crippen LogP contribution in [-0.2, 0) is 5.41 Å². The highest BCUT2D eigenvalue weighted by Crippen LogP contribution is 2.56. The summed E-state index contributed by atoms with van der Waals surface area (Å²) in [5, 5.41) is 36.4. The molecule has 0 atom stereocenters. The molecule has 0 saturated carbocycles. The van der Waals surface area contributed by atoms with Crippen LogP contribution in [0.15, 0.2) is 84.9 Å². The van der Waals surface area contributed by atoms with Crippen molar-refractivity contribution >= 4 is 0 Å². The second-order valence-electron chi connectivity index (χ2n) is 8.86. The van der Waals surface area contributed by atoms with Crippen LogP contribution in [0.4, 0.5) is 26.3 Å². The number of halogens is 6. The topological polar surface area (TPSA) is 114 Å². The second-order valence-corrected chi connectivity index (χ2v) is 8.86. The summed E-state index contributed by atoms with van der Waals surface area (Å²) in [4.78, 5) is 0. The summed E-state index contributed by atoms with van der Waals surface area (Å²) < 4.78 is 98.3. The SMILES string of the molecule is N#Cc1ccc(Oc2ccc(C(c3ccc(Oc4ccc(C#N)c(C#N)c4)cc3)(C(F)(F)F)C(F)(F)F)cc2)cc1C#N. The number of hydrogen-bond acceptors (Lipinski definition) is 6. The van der Waals surface area contributed by atoms with Crippen LogP contribution in [0.3, 0.4) is 0 Å². The molecule has 0 radical (unpaired) electrons. The van der Waals surface area contributed by atoms with Gasteiger partial charge in [-0.05, 0) is 71.8 Å². The van der Waals surface area contributed by atoms with Gasteiger partial charge in [0.25, 0.3) is 0 Å². The Hall–Kier alpha value is -5.98. The highest BCUT2D eigenvalue weighted by Gasteiger charge is 2.72. The lowest BCUT2D eigenvalue weighted by atomic mass is 9.73. The van der Waals surface area contributed by atoms with Gasteiger partial charge in [-0.15, -0.1) is 0 Å². The third-order valence-electron chi connectivity index (χ3n) is 6.36. The van der Waals surface area contributed by atoms with E-state index in [2.05, 4.69) is 0 Å². The first-order valence-corrected chi connectivity index (χ1v) is 12.0. The van der Waals surface area contributed by atoms with Gasteiger partial charge in [-0.25, -0.2) is 0 Å². The van der Waals surface area contributed by atoms with Crippen molar-refractivity contribution in [3.63, 3.8) is 0 Å². The van der Waals surface area contributed by atoms with E-state index in [0.29, 0.717) is 24.3 Å². The van der Waals surface area contributed by atoms with Gasteiger partial charge in [0.15, 0.2) is 0 Å². The Morgan fingerprint density at radius 3 is 1.00 bits per heavy atom. The fraction of sp³-hybridized carbons (Fsp3) is 0.0968. The standard InChI is InChI=1S/C31H14F6N4O2/c32-30(33,34)29(31(35,36)37,23-3-9-25(10-4-23)42-27-7-1-19(15-38)21(13-27)17-40)24-5-11-26(12-6-24)43-28-8-2-20(16-39)22(14-28)18-41/h1-14H. The summed E-state index contributed by atoms with van der Waals surface area (Å²) in [5.74, 6) is -0.140. The van der Waals surface area contributed by atoms with E-state index in [-0.39, 0.29) is 45.3 Å². The third kappa shape index (κ3) is 5.63. The molecule has 12 heteroatoms. The fourth-order valence-electron chi connectivity index (χ4n) is 4.35. The molecule has 0 aliphatic heterocycles. The quantitative estimate of drug-likeness (QED) is 0.210. The zero-order chi connectivity index (χ0) is 31.4. The minimum absolute atomic E-state index is 0.0260. The Kier molecular flexibility index (Phi) is 8.01. The Balaban J connectivity index is 1.71. The zero-order valence-electron chi connectivity index (χ0n) is 21.5. The molecule has 0 heterocycles. The van der Waals surface area contributed by atoms with Gasteiger partial charge >= 0.3 is 12.4 Å². The van der Waals surface area contributed by atoms with E-state index in [1.54, 1.807) is 12.1 Å². The molecule has 43 heavy (non-hydrogen) atoms. The summed E-state index contributed by atoms with van der Waals surface area (Å²) in [7, 11) is 0. The molecule has 212 valence electrons. The van der Waals surface area contributed by atoms with Gasteiger partial charge < -0.3 is 9.47 Å². The number of benzene rings is 4. The lowest BCUT2D eigenvalue weighted by Gasteiger charge is -2.38. The van der Waals surface area contributed by atoms with Gasteiger partial charge in [-0.3, -0.25) is 0 Å². The van der Waals surface area contributed by atoms with Crippen molar-refractivity contribution in [2.45, 2.75) is 17.8 Å². The number of rotatable bonds is 6. The summed E-state index contributed by atoms with van der Waals surface area (Å²) in [6, 6.07) is 21.2. The van der Waals surface area contributed by atoms with Crippen molar-refractivity contribution in [2.75, 3.05) is 0 Å². The molecule has 4 rings (SSSR count). The maximum Gasteiger partial charge on any atom is 0.411 e. The summed E-state index contributed by atoms with van der Waals surface area (Å²) in [5.41, 5.74) is -6.62. The van der Waals surface area contributed by atoms with E-state index in [1.165, 1.54) is 36.4 Å². The maximum absolute atomic E-state index is 14.6. The first-order chi connectivity index (χ1) is 20.4. The lowest BCUT2D eigenvalue weighted by molar-refractivity contribution is -0.288. The van der Waals surface area contributed by atoms with Crippen molar-refractivity contribution in [3.05, 3.63) is 118 Å². The Labute approximate surface area is 240 Å². The molecule has 4 aromatic carbocycles. The van der Waals surface area contributed by atoms with Crippen LogP contribution in [0.5, 0.6) is 23.0 Å². The molecule has 0 N–H and O–H groups in total. The van der Waals surface area contributed by atoms with Crippen molar-refractivity contribution in [1.82, 2.24) is 0 Å². The smallest absolute Gasteiger partial charge is 0.411 e. The van der Waals surface area contributed by atoms with Crippen LogP contribution >= 0.6 is 0 Å². The van der Waals surface area contributed by atoms with Crippen LogP contribution in [0.1, 0.15) is 33.4 Å². The zero-order valence-corrected chi connectivity index (χ0v) is 21.5. The number of ether oxygens (including phenoxy) is 2. The largest absolute Gasteiger partial charge is 0.457 e. The Bertz CT molecular complexity index is 1700. The molecule has 4 aromatic rings. The van der Waals surface area contributed by atoms with Gasteiger partial charge in [0, 0.05) is 0 Å². The van der Waals surface area contributed by atoms with Crippen LogP contribution in [0.2, 0.25) is 0 Å². The molecule has 0 fully saturated rings. The predicted octanol–water partition coefficient (Wildman–Crippen LogP) is 8.17. The molecular weight excluding hydrogens is 574 g/mol. The van der Waals surface area contributed by atoms with Crippen LogP contribution in [0, 0.1) is 45.3 Å². The predicted molar refractivity (Wildman–Crippen MR) is 138 cm³/mol. The monoisotopic (exact) mass is 588 g/mol. The average Bonchev–Trinajstić information content (AvgIpc) is 2.97. The highest BCUT2D eigenvalue weighted by atomic mass is 19.4. The Morgan fingerprint density at radius 2 is 0.721 bits per heavy atom. The number of nitriles is 4. The highest BCUT2D eigenvalue weighted by molar-refractivity contribution is 5.52. The van der Waals surface area contributed by atoms with Gasteiger partial charge in [-0.2, -0.15) is 47.4 Å². The van der Waals surface area contributed by atoms with Gasteiger partial charge in [0.05, 0.1) is 22.3 Å². The molecule has 0 unspecified atom stereocenters. The minimum Gasteiger partial charge on any atom is -0.457 e. The summed E-state index contributed by atoms with van der Waals surface area (Å²) >= 11 is 0. The molecular formula is C31H14F6N4O2. The van der Waals surface area contributed by atoms with Crippen molar-refractivity contribution in [2.24, 2.45) is 0 Å². The molecule has 0 bridgehead atoms. The fourth-order valence-corrected chi connectivity index (χ4v) is 4.35. The molecule has 6 nitrogen and oxygen atoms in total. The van der Waals surface area contributed by atoms with Crippen molar-refractivity contribution < 1.29 is 35.8 Å². The van der Waals surface area contributed by atoms with Gasteiger partial charge in [0.1, 0.15) is 47.3 Å². The summed E-state index contributed by atoms with van der Waals surface area (Å²) in [6.45, 7) is 0. The molecule has 0 spiro atoms. The first-order valence-electron chi connectivity index (χ1n) is 12.0. The first kappa shape index (κ1) is 30.0. The number of hydrogen-bond donors (Lipinski definition) is 0. The van der Waals surface area contributed by atoms with E-state index in [4.69, 9.17) is 30.5 Å². The second kappa shape index (κ2) is 11.5. The van der Waals surface area contributed by atoms with E-state index >= 15 is 0 Å². The van der Waals surface area contributed by atoms with E-state index in [9.17, 15) is 26.3 Å². The molecule has 0 aliphatic carbocycles. The van der Waals surface area contributed by atoms with E-state index < -0.39 is 28.9 Å². The number of nitrogens with zero attached hydrogens (tertiary/aromatic N) is 4. The molecule has 0 saturated heterocycles. The molecule has 0 aliphatic rings. The van der Waals surface area contributed by atoms with Crippen LogP contribution in [-0.4, -0.2) is 12.4 Å². The van der Waals surface area contributed by atoms with E-state index in [0.717, 1.165) is 24.3 Å². The van der Waals surface area contributed by atoms with Crippen LogP contribution in [0.25, 0.3) is 0 Å². The van der Waals surface area contributed by atoms with Crippen molar-refractivity contribution in [1.29, 1.82) is 21.0 Å². The average molecular weight is 588 g/mol. The van der Waals surface area contributed by atoms with Crippen molar-refractivity contribution in [3.8, 4) is 47.3 Å². The van der Waals surface area contributed by atoms with Crippen LogP contribution < -0.4 is 9.47 Å². The third-order valence-corrected chi connectivity index (χ3v) is 6.36. The van der Waals surface area contributed by atoms with Gasteiger partial charge in [-0.1, -0.05) is 24.3 Å². The summed E-state index contributed by atoms with van der Waals surface area (Å²) in [6.07, 6.45) is -11.7. The Morgan fingerprint density at radius 1 is 0.419 bits per heavy atom. The maximum atomic E-state index is 14.6. The lowest BCUT2D eigenvalue weighted by Crippen LogP contribution is -2.54. The number of alkyl halides is 6. The molecule has 0 aromatic heterocycles. The van der Waals surface area contributed by atoms with Gasteiger partial charge in [0.2, 0.25) is 5.41 Å². The normalized spacial score (nSPS) is 11.4. The molecule has 0 amide bonds. The van der Waals surface area contributed by atoms with E-state index in [1.807, 2.05) is 12.1 Å².